The summed E-state index contributed by atoms with van der Waals surface area (Å²) in [6, 6.07) is 7.56. The number of likely N-dealkylation sites (tertiary alicyclic amines) is 1. The van der Waals surface area contributed by atoms with E-state index in [1.54, 1.807) is 24.4 Å². The van der Waals surface area contributed by atoms with Crippen LogP contribution >= 0.6 is 12.4 Å². The molecule has 2 aliphatic rings. The lowest BCUT2D eigenvalue weighted by atomic mass is 9.96. The molecule has 216 valence electrons. The van der Waals surface area contributed by atoms with Gasteiger partial charge in [0.15, 0.2) is 18.1 Å². The van der Waals surface area contributed by atoms with E-state index in [9.17, 15) is 18.0 Å². The van der Waals surface area contributed by atoms with Crippen molar-refractivity contribution in [1.82, 2.24) is 18.6 Å². The van der Waals surface area contributed by atoms with Crippen molar-refractivity contribution in [3.05, 3.63) is 58.0 Å². The minimum Gasteiger partial charge on any atom is -0.497 e. The van der Waals surface area contributed by atoms with Gasteiger partial charge in [-0.25, -0.2) is 8.42 Å². The Morgan fingerprint density at radius 2 is 1.80 bits per heavy atom. The molecule has 5 rings (SSSR count). The van der Waals surface area contributed by atoms with Crippen molar-refractivity contribution in [3.63, 3.8) is 0 Å². The predicted molar refractivity (Wildman–Crippen MR) is 150 cm³/mol. The molecule has 2 aromatic heterocycles. The molecule has 0 aliphatic carbocycles. The Bertz CT molecular complexity index is 1570. The average Bonchev–Trinajstić information content (AvgIpc) is 3.12. The number of nitrogens with zero attached hydrogens (tertiary/aromatic N) is 4. The topological polar surface area (TPSA) is 120 Å². The quantitative estimate of drug-likeness (QED) is 0.368. The largest absolute Gasteiger partial charge is 0.497 e. The zero-order valence-electron chi connectivity index (χ0n) is 22.7. The second-order valence-corrected chi connectivity index (χ2v) is 11.8. The number of piperidine rings is 1. The van der Waals surface area contributed by atoms with Gasteiger partial charge in [-0.05, 0) is 55.6 Å². The molecular formula is C27H33ClN4O7S. The maximum absolute atomic E-state index is 13.3. The highest BCUT2D eigenvalue weighted by Gasteiger charge is 2.44. The number of pyridine rings is 1. The van der Waals surface area contributed by atoms with Crippen LogP contribution in [0.5, 0.6) is 17.4 Å². The molecule has 3 aromatic rings. The molecule has 0 N–H and O–H groups in total. The van der Waals surface area contributed by atoms with Crippen LogP contribution in [0.15, 0.2) is 46.2 Å². The number of methoxy groups -OCH3 is 1. The molecule has 1 amide bonds. The highest BCUT2D eigenvalue weighted by molar-refractivity contribution is 7.90. The lowest BCUT2D eigenvalue weighted by Gasteiger charge is -2.26. The molecule has 1 fully saturated rings. The van der Waals surface area contributed by atoms with Crippen molar-refractivity contribution < 1.29 is 27.4 Å². The first-order chi connectivity index (χ1) is 18.7. The van der Waals surface area contributed by atoms with E-state index in [1.165, 1.54) is 36.8 Å². The van der Waals surface area contributed by atoms with Crippen molar-refractivity contribution in [3.8, 4) is 17.4 Å². The SMILES string of the molecule is COc1cc(C(C)C)c2c(c1)S(=O)(=O)N(COc1cc(=O)n3cccc(OCCN4CCCCC4)c3n1)C2=O.Cl. The number of sulfonamides is 1. The molecule has 2 aliphatic heterocycles. The molecule has 0 spiro atoms. The Labute approximate surface area is 239 Å². The van der Waals surface area contributed by atoms with Crippen LogP contribution in [-0.4, -0.2) is 73.0 Å². The molecule has 0 saturated carbocycles. The Kier molecular flexibility index (Phi) is 8.91. The molecule has 0 unspecified atom stereocenters. The first kappa shape index (κ1) is 29.6. The molecule has 40 heavy (non-hydrogen) atoms. The minimum absolute atomic E-state index is 0. The van der Waals surface area contributed by atoms with Crippen LogP contribution in [0.2, 0.25) is 0 Å². The van der Waals surface area contributed by atoms with Gasteiger partial charge in [0.05, 0.1) is 18.7 Å². The first-order valence-corrected chi connectivity index (χ1v) is 14.4. The monoisotopic (exact) mass is 592 g/mol. The van der Waals surface area contributed by atoms with E-state index < -0.39 is 28.2 Å². The predicted octanol–water partition coefficient (Wildman–Crippen LogP) is 3.29. The molecule has 11 nitrogen and oxygen atoms in total. The van der Waals surface area contributed by atoms with Gasteiger partial charge in [-0.3, -0.25) is 18.9 Å². The Balaban J connectivity index is 0.00000370. The lowest BCUT2D eigenvalue weighted by Crippen LogP contribution is -2.34. The van der Waals surface area contributed by atoms with Gasteiger partial charge in [-0.2, -0.15) is 9.29 Å². The number of carbonyl (C=O) groups excluding carboxylic acids is 1. The number of amides is 1. The average molecular weight is 593 g/mol. The summed E-state index contributed by atoms with van der Waals surface area (Å²) in [7, 11) is -2.76. The number of halogens is 1. The standard InChI is InChI=1S/C27H32N4O7S.ClH/c1-18(2)20-14-19(36-3)15-22-25(20)27(33)31(39(22,34)35)17-38-23-16-24(32)30-11-7-8-21(26(30)28-23)37-13-12-29-9-5-4-6-10-29;/h7-8,11,14-16,18H,4-6,9-10,12-13,17H2,1-3H3;1H. The van der Waals surface area contributed by atoms with E-state index in [4.69, 9.17) is 14.2 Å². The van der Waals surface area contributed by atoms with Crippen LogP contribution in [0.3, 0.4) is 0 Å². The van der Waals surface area contributed by atoms with Crippen LogP contribution < -0.4 is 19.8 Å². The summed E-state index contributed by atoms with van der Waals surface area (Å²) in [5, 5.41) is 0. The van der Waals surface area contributed by atoms with Crippen molar-refractivity contribution in [1.29, 1.82) is 0 Å². The molecule has 0 atom stereocenters. The third-order valence-corrected chi connectivity index (χ3v) is 8.78. The smallest absolute Gasteiger partial charge is 0.272 e. The summed E-state index contributed by atoms with van der Waals surface area (Å²) in [5.41, 5.74) is 0.478. The summed E-state index contributed by atoms with van der Waals surface area (Å²) in [4.78, 5) is 32.7. The molecule has 4 heterocycles. The highest BCUT2D eigenvalue weighted by atomic mass is 35.5. The molecule has 13 heteroatoms. The number of fused-ring (bicyclic) bond motifs is 2. The van der Waals surface area contributed by atoms with Crippen molar-refractivity contribution in [2.45, 2.75) is 43.9 Å². The van der Waals surface area contributed by atoms with Crippen molar-refractivity contribution in [2.75, 3.05) is 40.1 Å². The number of rotatable bonds is 9. The molecule has 1 saturated heterocycles. The summed E-state index contributed by atoms with van der Waals surface area (Å²) in [6.07, 6.45) is 5.18. The third-order valence-electron chi connectivity index (χ3n) is 7.05. The van der Waals surface area contributed by atoms with E-state index in [0.717, 1.165) is 25.7 Å². The maximum Gasteiger partial charge on any atom is 0.272 e. The van der Waals surface area contributed by atoms with E-state index >= 15 is 0 Å². The van der Waals surface area contributed by atoms with Crippen molar-refractivity contribution in [2.24, 2.45) is 0 Å². The second-order valence-electron chi connectivity index (χ2n) is 9.93. The van der Waals surface area contributed by atoms with E-state index in [2.05, 4.69) is 9.88 Å². The van der Waals surface area contributed by atoms with Crippen LogP contribution in [-0.2, 0) is 10.0 Å². The Morgan fingerprint density at radius 1 is 1.05 bits per heavy atom. The van der Waals surface area contributed by atoms with Crippen LogP contribution in [0.25, 0.3) is 5.65 Å². The fourth-order valence-corrected chi connectivity index (χ4v) is 6.42. The molecular weight excluding hydrogens is 560 g/mol. The fourth-order valence-electron chi connectivity index (χ4n) is 4.95. The first-order valence-electron chi connectivity index (χ1n) is 13.0. The maximum atomic E-state index is 13.3. The van der Waals surface area contributed by atoms with Crippen LogP contribution in [0.4, 0.5) is 0 Å². The van der Waals surface area contributed by atoms with E-state index in [-0.39, 0.29) is 40.3 Å². The fraction of sp³-hybridized carbons (Fsp3) is 0.444. The summed E-state index contributed by atoms with van der Waals surface area (Å²) >= 11 is 0. The number of carbonyl (C=O) groups is 1. The van der Waals surface area contributed by atoms with E-state index in [0.29, 0.717) is 28.0 Å². The summed E-state index contributed by atoms with van der Waals surface area (Å²) in [5.74, 6) is -0.190. The number of aromatic nitrogens is 2. The van der Waals surface area contributed by atoms with Crippen LogP contribution in [0.1, 0.15) is 54.9 Å². The molecule has 0 bridgehead atoms. The van der Waals surface area contributed by atoms with Gasteiger partial charge >= 0.3 is 0 Å². The van der Waals surface area contributed by atoms with Gasteiger partial charge in [0, 0.05) is 18.8 Å². The lowest BCUT2D eigenvalue weighted by molar-refractivity contribution is 0.0785. The highest BCUT2D eigenvalue weighted by Crippen LogP contribution is 2.38. The van der Waals surface area contributed by atoms with Gasteiger partial charge in [0.2, 0.25) is 5.88 Å². The zero-order valence-corrected chi connectivity index (χ0v) is 24.3. The summed E-state index contributed by atoms with van der Waals surface area (Å²) in [6.45, 7) is 6.38. The van der Waals surface area contributed by atoms with Crippen LogP contribution in [0, 0.1) is 0 Å². The third kappa shape index (κ3) is 5.61. The number of ether oxygens (including phenoxy) is 3. The normalized spacial score (nSPS) is 16.6. The van der Waals surface area contributed by atoms with Crippen molar-refractivity contribution >= 4 is 34.0 Å². The van der Waals surface area contributed by atoms with Gasteiger partial charge in [0.25, 0.3) is 21.5 Å². The molecule has 1 aromatic carbocycles. The van der Waals surface area contributed by atoms with E-state index in [1.807, 2.05) is 13.8 Å². The van der Waals surface area contributed by atoms with Gasteiger partial charge in [-0.15, -0.1) is 12.4 Å². The zero-order chi connectivity index (χ0) is 27.7. The van der Waals surface area contributed by atoms with Gasteiger partial charge in [0.1, 0.15) is 17.3 Å². The van der Waals surface area contributed by atoms with Gasteiger partial charge < -0.3 is 14.2 Å². The minimum atomic E-state index is -4.20. The number of hydrogen-bond donors (Lipinski definition) is 0. The number of benzene rings is 1. The summed E-state index contributed by atoms with van der Waals surface area (Å²) < 4.78 is 45.4. The Hall–Kier alpha value is -3.35. The Morgan fingerprint density at radius 3 is 2.50 bits per heavy atom. The number of hydrogen-bond acceptors (Lipinski definition) is 9. The van der Waals surface area contributed by atoms with Gasteiger partial charge in [-0.1, -0.05) is 20.3 Å². The second kappa shape index (κ2) is 12.0. The molecule has 0 radical (unpaired) electrons.